The average molecular weight is 383 g/mol. The highest BCUT2D eigenvalue weighted by molar-refractivity contribution is 5.95. The number of aryl methyl sites for hydroxylation is 1. The third-order valence-electron chi connectivity index (χ3n) is 5.01. The van der Waals surface area contributed by atoms with Crippen LogP contribution in [-0.4, -0.2) is 84.2 Å². The van der Waals surface area contributed by atoms with E-state index in [1.807, 2.05) is 54.2 Å². The molecule has 1 N–H and O–H groups in total. The normalized spacial score (nSPS) is 14.9. The highest BCUT2D eigenvalue weighted by Crippen LogP contribution is 2.22. The minimum absolute atomic E-state index is 0.0445. The van der Waals surface area contributed by atoms with Gasteiger partial charge in [-0.1, -0.05) is 19.1 Å². The molecule has 1 aliphatic heterocycles. The Morgan fingerprint density at radius 1 is 1.14 bits per heavy atom. The largest absolute Gasteiger partial charge is 0.395 e. The molecule has 1 aromatic carbocycles. The number of benzene rings is 1. The number of anilines is 1. The van der Waals surface area contributed by atoms with Crippen LogP contribution < -0.4 is 4.90 Å². The molecule has 0 aliphatic carbocycles. The summed E-state index contributed by atoms with van der Waals surface area (Å²) in [5.74, 6) is 0.717. The van der Waals surface area contributed by atoms with Crippen LogP contribution in [0.2, 0.25) is 0 Å². The SMILES string of the molecule is CCc1cc(-c2cccc(C(=O)N3CCN(CCO)CC3)c2)nc(N(C)C)n1. The third-order valence-corrected chi connectivity index (χ3v) is 5.01. The maximum Gasteiger partial charge on any atom is 0.253 e. The molecule has 1 aromatic heterocycles. The summed E-state index contributed by atoms with van der Waals surface area (Å²) in [7, 11) is 3.85. The van der Waals surface area contributed by atoms with E-state index >= 15 is 0 Å². The number of carbonyl (C=O) groups is 1. The fraction of sp³-hybridized carbons (Fsp3) is 0.476. The Balaban J connectivity index is 1.81. The highest BCUT2D eigenvalue weighted by atomic mass is 16.3. The molecule has 0 unspecified atom stereocenters. The van der Waals surface area contributed by atoms with Crippen LogP contribution in [0.4, 0.5) is 5.95 Å². The monoisotopic (exact) mass is 383 g/mol. The van der Waals surface area contributed by atoms with Crippen LogP contribution in [0.1, 0.15) is 23.0 Å². The van der Waals surface area contributed by atoms with Crippen molar-refractivity contribution in [2.24, 2.45) is 0 Å². The lowest BCUT2D eigenvalue weighted by molar-refractivity contribution is 0.0615. The Morgan fingerprint density at radius 3 is 2.54 bits per heavy atom. The summed E-state index contributed by atoms with van der Waals surface area (Å²) in [6, 6.07) is 9.67. The van der Waals surface area contributed by atoms with Gasteiger partial charge in [0.1, 0.15) is 0 Å². The molecule has 3 rings (SSSR count). The van der Waals surface area contributed by atoms with Gasteiger partial charge in [0, 0.05) is 63.6 Å². The molecule has 0 bridgehead atoms. The van der Waals surface area contributed by atoms with Gasteiger partial charge in [0.25, 0.3) is 5.91 Å². The molecule has 28 heavy (non-hydrogen) atoms. The first kappa shape index (κ1) is 20.2. The van der Waals surface area contributed by atoms with Gasteiger partial charge in [-0.3, -0.25) is 9.69 Å². The predicted octanol–water partition coefficient (Wildman–Crippen LogP) is 1.52. The molecule has 7 heteroatoms. The lowest BCUT2D eigenvalue weighted by Crippen LogP contribution is -2.49. The van der Waals surface area contributed by atoms with Crippen molar-refractivity contribution in [3.05, 3.63) is 41.6 Å². The molecule has 0 radical (unpaired) electrons. The summed E-state index contributed by atoms with van der Waals surface area (Å²) < 4.78 is 0. The minimum Gasteiger partial charge on any atom is -0.395 e. The van der Waals surface area contributed by atoms with Crippen LogP contribution >= 0.6 is 0 Å². The van der Waals surface area contributed by atoms with Crippen molar-refractivity contribution in [2.75, 3.05) is 58.3 Å². The summed E-state index contributed by atoms with van der Waals surface area (Å²) in [6.45, 7) is 5.85. The quantitative estimate of drug-likeness (QED) is 0.815. The fourth-order valence-corrected chi connectivity index (χ4v) is 3.32. The van der Waals surface area contributed by atoms with E-state index in [9.17, 15) is 4.79 Å². The van der Waals surface area contributed by atoms with E-state index in [2.05, 4.69) is 21.8 Å². The number of piperazine rings is 1. The van der Waals surface area contributed by atoms with E-state index in [0.717, 1.165) is 36.5 Å². The maximum atomic E-state index is 13.0. The number of aromatic nitrogens is 2. The van der Waals surface area contributed by atoms with E-state index in [4.69, 9.17) is 5.11 Å². The molecule has 0 spiro atoms. The molecule has 1 amide bonds. The highest BCUT2D eigenvalue weighted by Gasteiger charge is 2.22. The van der Waals surface area contributed by atoms with E-state index < -0.39 is 0 Å². The topological polar surface area (TPSA) is 72.8 Å². The van der Waals surface area contributed by atoms with Crippen molar-refractivity contribution in [1.82, 2.24) is 19.8 Å². The van der Waals surface area contributed by atoms with Crippen molar-refractivity contribution >= 4 is 11.9 Å². The molecule has 0 atom stereocenters. The molecule has 7 nitrogen and oxygen atoms in total. The Hall–Kier alpha value is -2.51. The minimum atomic E-state index is 0.0445. The second kappa shape index (κ2) is 9.12. The van der Waals surface area contributed by atoms with Crippen molar-refractivity contribution < 1.29 is 9.90 Å². The van der Waals surface area contributed by atoms with Gasteiger partial charge in [-0.05, 0) is 24.6 Å². The van der Waals surface area contributed by atoms with Gasteiger partial charge in [0.15, 0.2) is 0 Å². The second-order valence-corrected chi connectivity index (χ2v) is 7.23. The average Bonchev–Trinajstić information content (AvgIpc) is 2.73. The van der Waals surface area contributed by atoms with E-state index in [-0.39, 0.29) is 12.5 Å². The van der Waals surface area contributed by atoms with Crippen LogP contribution in [0, 0.1) is 0 Å². The van der Waals surface area contributed by atoms with Crippen molar-refractivity contribution in [3.63, 3.8) is 0 Å². The van der Waals surface area contributed by atoms with Gasteiger partial charge >= 0.3 is 0 Å². The zero-order chi connectivity index (χ0) is 20.1. The van der Waals surface area contributed by atoms with Gasteiger partial charge in [0.2, 0.25) is 5.95 Å². The van der Waals surface area contributed by atoms with Crippen LogP contribution in [0.15, 0.2) is 30.3 Å². The molecule has 0 saturated carbocycles. The maximum absolute atomic E-state index is 13.0. The molecule has 2 aromatic rings. The van der Waals surface area contributed by atoms with E-state index in [1.165, 1.54) is 0 Å². The number of rotatable bonds is 6. The van der Waals surface area contributed by atoms with Gasteiger partial charge in [-0.25, -0.2) is 9.97 Å². The van der Waals surface area contributed by atoms with Gasteiger partial charge in [-0.15, -0.1) is 0 Å². The number of hydrogen-bond acceptors (Lipinski definition) is 6. The molecule has 1 saturated heterocycles. The number of β-amino-alcohol motifs (C(OH)–C–C–N with tert-alkyl or cyclic N) is 1. The molecular formula is C21H29N5O2. The number of aliphatic hydroxyl groups is 1. The van der Waals surface area contributed by atoms with E-state index in [0.29, 0.717) is 31.1 Å². The summed E-state index contributed by atoms with van der Waals surface area (Å²) in [4.78, 5) is 28.1. The standard InChI is InChI=1S/C21H29N5O2/c1-4-18-15-19(23-21(22-18)24(2)3)16-6-5-7-17(14-16)20(28)26-10-8-25(9-11-26)12-13-27/h5-7,14-15,27H,4,8-13H2,1-3H3. The van der Waals surface area contributed by atoms with Crippen LogP contribution in [0.3, 0.4) is 0 Å². The Morgan fingerprint density at radius 2 is 1.89 bits per heavy atom. The van der Waals surface area contributed by atoms with E-state index in [1.54, 1.807) is 0 Å². The molecule has 1 fully saturated rings. The summed E-state index contributed by atoms with van der Waals surface area (Å²) in [6.07, 6.45) is 0.826. The first-order valence-corrected chi connectivity index (χ1v) is 9.80. The number of nitrogens with zero attached hydrogens (tertiary/aromatic N) is 5. The Kier molecular flexibility index (Phi) is 6.59. The van der Waals surface area contributed by atoms with Crippen LogP contribution in [0.25, 0.3) is 11.3 Å². The lowest BCUT2D eigenvalue weighted by atomic mass is 10.1. The number of aliphatic hydroxyl groups excluding tert-OH is 1. The van der Waals surface area contributed by atoms with Crippen molar-refractivity contribution in [1.29, 1.82) is 0 Å². The lowest BCUT2D eigenvalue weighted by Gasteiger charge is -2.34. The predicted molar refractivity (Wildman–Crippen MR) is 111 cm³/mol. The smallest absolute Gasteiger partial charge is 0.253 e. The van der Waals surface area contributed by atoms with Gasteiger partial charge < -0.3 is 14.9 Å². The fourth-order valence-electron chi connectivity index (χ4n) is 3.32. The first-order valence-electron chi connectivity index (χ1n) is 9.80. The zero-order valence-corrected chi connectivity index (χ0v) is 16.9. The summed E-state index contributed by atoms with van der Waals surface area (Å²) in [5.41, 5.74) is 3.41. The Bertz CT molecular complexity index is 816. The van der Waals surface area contributed by atoms with Crippen LogP contribution in [0.5, 0.6) is 0 Å². The Labute approximate surface area is 166 Å². The number of carbonyl (C=O) groups excluding carboxylic acids is 1. The van der Waals surface area contributed by atoms with Gasteiger partial charge in [-0.2, -0.15) is 0 Å². The number of hydrogen-bond donors (Lipinski definition) is 1. The first-order chi connectivity index (χ1) is 13.5. The second-order valence-electron chi connectivity index (χ2n) is 7.23. The van der Waals surface area contributed by atoms with Crippen molar-refractivity contribution in [2.45, 2.75) is 13.3 Å². The molecular weight excluding hydrogens is 354 g/mol. The molecule has 1 aliphatic rings. The molecule has 150 valence electrons. The summed E-state index contributed by atoms with van der Waals surface area (Å²) in [5, 5.41) is 9.07. The molecule has 2 heterocycles. The zero-order valence-electron chi connectivity index (χ0n) is 16.9. The van der Waals surface area contributed by atoms with Crippen LogP contribution in [-0.2, 0) is 6.42 Å². The van der Waals surface area contributed by atoms with Gasteiger partial charge in [0.05, 0.1) is 12.3 Å². The third kappa shape index (κ3) is 4.66. The number of amides is 1. The summed E-state index contributed by atoms with van der Waals surface area (Å²) >= 11 is 0. The van der Waals surface area contributed by atoms with Crippen molar-refractivity contribution in [3.8, 4) is 11.3 Å².